The minimum atomic E-state index is 1.13. The summed E-state index contributed by atoms with van der Waals surface area (Å²) in [7, 11) is 0. The standard InChI is InChI=1S/C10H21N/c1-3-5-7-9-11-10-8-6-4-2/h3,5,11H,4,6-10H2,1-2H3. The average Bonchev–Trinajstić information content (AvgIpc) is 2.03. The largest absolute Gasteiger partial charge is 0.316 e. The molecule has 0 fully saturated rings. The molecule has 0 aromatic heterocycles. The van der Waals surface area contributed by atoms with Crippen molar-refractivity contribution in [2.45, 2.75) is 39.5 Å². The lowest BCUT2D eigenvalue weighted by Gasteiger charge is -2.00. The summed E-state index contributed by atoms with van der Waals surface area (Å²) in [5.74, 6) is 0. The molecule has 0 saturated heterocycles. The molecule has 11 heavy (non-hydrogen) atoms. The van der Waals surface area contributed by atoms with Gasteiger partial charge >= 0.3 is 0 Å². The molecule has 0 aromatic carbocycles. The normalized spacial score (nSPS) is 11.1. The van der Waals surface area contributed by atoms with E-state index in [1.54, 1.807) is 0 Å². The Balaban J connectivity index is 2.79. The van der Waals surface area contributed by atoms with Gasteiger partial charge < -0.3 is 5.32 Å². The molecule has 0 atom stereocenters. The zero-order valence-corrected chi connectivity index (χ0v) is 7.90. The summed E-state index contributed by atoms with van der Waals surface area (Å²) in [6, 6.07) is 0. The molecule has 1 heteroatoms. The minimum absolute atomic E-state index is 1.13. The van der Waals surface area contributed by atoms with E-state index in [1.165, 1.54) is 32.2 Å². The predicted octanol–water partition coefficient (Wildman–Crippen LogP) is 2.73. The van der Waals surface area contributed by atoms with Gasteiger partial charge in [0.1, 0.15) is 0 Å². The number of nitrogens with one attached hydrogen (secondary N) is 1. The van der Waals surface area contributed by atoms with Crippen LogP contribution in [0.25, 0.3) is 0 Å². The molecule has 0 unspecified atom stereocenters. The molecule has 1 nitrogen and oxygen atoms in total. The highest BCUT2D eigenvalue weighted by atomic mass is 14.8. The Labute approximate surface area is 70.9 Å². The fourth-order valence-electron chi connectivity index (χ4n) is 0.977. The van der Waals surface area contributed by atoms with Gasteiger partial charge in [0.25, 0.3) is 0 Å². The zero-order valence-electron chi connectivity index (χ0n) is 7.90. The van der Waals surface area contributed by atoms with Gasteiger partial charge in [0.05, 0.1) is 0 Å². The first-order valence-electron chi connectivity index (χ1n) is 4.73. The second-order valence-corrected chi connectivity index (χ2v) is 2.81. The Morgan fingerprint density at radius 1 is 1.18 bits per heavy atom. The number of unbranched alkanes of at least 4 members (excludes halogenated alkanes) is 2. The Hall–Kier alpha value is -0.300. The Morgan fingerprint density at radius 2 is 2.00 bits per heavy atom. The smallest absolute Gasteiger partial charge is 0.00143 e. The first kappa shape index (κ1) is 10.7. The number of hydrogen-bond acceptors (Lipinski definition) is 1. The first-order chi connectivity index (χ1) is 5.41. The van der Waals surface area contributed by atoms with Crippen molar-refractivity contribution in [2.24, 2.45) is 0 Å². The molecule has 0 bridgehead atoms. The van der Waals surface area contributed by atoms with Gasteiger partial charge in [-0.2, -0.15) is 0 Å². The summed E-state index contributed by atoms with van der Waals surface area (Å²) in [6.45, 7) is 6.62. The fourth-order valence-corrected chi connectivity index (χ4v) is 0.977. The molecule has 66 valence electrons. The van der Waals surface area contributed by atoms with Crippen LogP contribution in [-0.2, 0) is 0 Å². The number of allylic oxidation sites excluding steroid dienone is 1. The van der Waals surface area contributed by atoms with Crippen molar-refractivity contribution in [1.29, 1.82) is 0 Å². The van der Waals surface area contributed by atoms with Gasteiger partial charge in [-0.25, -0.2) is 0 Å². The highest BCUT2D eigenvalue weighted by Gasteiger charge is 1.84. The molecule has 0 radical (unpaired) electrons. The van der Waals surface area contributed by atoms with Crippen LogP contribution in [0.2, 0.25) is 0 Å². The first-order valence-corrected chi connectivity index (χ1v) is 4.73. The van der Waals surface area contributed by atoms with Gasteiger partial charge in [-0.15, -0.1) is 0 Å². The van der Waals surface area contributed by atoms with E-state index < -0.39 is 0 Å². The zero-order chi connectivity index (χ0) is 8.36. The van der Waals surface area contributed by atoms with E-state index in [0.717, 1.165) is 6.54 Å². The predicted molar refractivity (Wildman–Crippen MR) is 51.8 cm³/mol. The minimum Gasteiger partial charge on any atom is -0.316 e. The van der Waals surface area contributed by atoms with Crippen LogP contribution in [0, 0.1) is 0 Å². The van der Waals surface area contributed by atoms with E-state index in [1.807, 2.05) is 0 Å². The maximum absolute atomic E-state index is 3.40. The molecule has 0 amide bonds. The van der Waals surface area contributed by atoms with Gasteiger partial charge in [-0.1, -0.05) is 31.9 Å². The van der Waals surface area contributed by atoms with E-state index in [4.69, 9.17) is 0 Å². The van der Waals surface area contributed by atoms with Crippen molar-refractivity contribution in [3.63, 3.8) is 0 Å². The van der Waals surface area contributed by atoms with Crippen molar-refractivity contribution in [1.82, 2.24) is 5.32 Å². The molecule has 0 aliphatic heterocycles. The second-order valence-electron chi connectivity index (χ2n) is 2.81. The third-order valence-electron chi connectivity index (χ3n) is 1.68. The third-order valence-corrected chi connectivity index (χ3v) is 1.68. The van der Waals surface area contributed by atoms with Crippen LogP contribution in [0.5, 0.6) is 0 Å². The maximum atomic E-state index is 3.40. The summed E-state index contributed by atoms with van der Waals surface area (Å²) in [5.41, 5.74) is 0. The monoisotopic (exact) mass is 155 g/mol. The second kappa shape index (κ2) is 9.70. The van der Waals surface area contributed by atoms with Crippen LogP contribution >= 0.6 is 0 Å². The van der Waals surface area contributed by atoms with Crippen LogP contribution in [0.4, 0.5) is 0 Å². The van der Waals surface area contributed by atoms with Gasteiger partial charge in [-0.05, 0) is 32.9 Å². The van der Waals surface area contributed by atoms with Gasteiger partial charge in [0.15, 0.2) is 0 Å². The molecule has 0 spiro atoms. The molecule has 0 aliphatic carbocycles. The van der Waals surface area contributed by atoms with Crippen LogP contribution in [0.3, 0.4) is 0 Å². The van der Waals surface area contributed by atoms with Crippen LogP contribution < -0.4 is 5.32 Å². The molecule has 0 heterocycles. The van der Waals surface area contributed by atoms with Gasteiger partial charge in [0.2, 0.25) is 0 Å². The van der Waals surface area contributed by atoms with Crippen molar-refractivity contribution < 1.29 is 0 Å². The van der Waals surface area contributed by atoms with Gasteiger partial charge in [0, 0.05) is 0 Å². The molecular formula is C10H21N. The topological polar surface area (TPSA) is 12.0 Å². The maximum Gasteiger partial charge on any atom is -0.00143 e. The van der Waals surface area contributed by atoms with Crippen LogP contribution in [-0.4, -0.2) is 13.1 Å². The summed E-state index contributed by atoms with van der Waals surface area (Å²) >= 11 is 0. The van der Waals surface area contributed by atoms with Crippen molar-refractivity contribution >= 4 is 0 Å². The lowest BCUT2D eigenvalue weighted by molar-refractivity contribution is 0.620. The lowest BCUT2D eigenvalue weighted by atomic mass is 10.2. The summed E-state index contributed by atoms with van der Waals surface area (Å²) in [4.78, 5) is 0. The summed E-state index contributed by atoms with van der Waals surface area (Å²) in [6.07, 6.45) is 9.47. The van der Waals surface area contributed by atoms with Crippen LogP contribution in [0.1, 0.15) is 39.5 Å². The van der Waals surface area contributed by atoms with E-state index in [0.29, 0.717) is 0 Å². The lowest BCUT2D eigenvalue weighted by Crippen LogP contribution is -2.15. The molecule has 0 saturated carbocycles. The van der Waals surface area contributed by atoms with Crippen molar-refractivity contribution in [3.05, 3.63) is 12.2 Å². The summed E-state index contributed by atoms with van der Waals surface area (Å²) in [5, 5.41) is 3.40. The number of hydrogen-bond donors (Lipinski definition) is 1. The molecule has 0 rings (SSSR count). The molecule has 1 N–H and O–H groups in total. The van der Waals surface area contributed by atoms with E-state index in [9.17, 15) is 0 Å². The Morgan fingerprint density at radius 3 is 2.64 bits per heavy atom. The SMILES string of the molecule is CC=CCCNCCCCC. The summed E-state index contributed by atoms with van der Waals surface area (Å²) < 4.78 is 0. The highest BCUT2D eigenvalue weighted by Crippen LogP contribution is 1.90. The quantitative estimate of drug-likeness (QED) is 0.440. The van der Waals surface area contributed by atoms with Crippen molar-refractivity contribution in [2.75, 3.05) is 13.1 Å². The Bertz CT molecular complexity index is 86.9. The fraction of sp³-hybridized carbons (Fsp3) is 0.800. The van der Waals surface area contributed by atoms with Crippen molar-refractivity contribution in [3.8, 4) is 0 Å². The van der Waals surface area contributed by atoms with E-state index >= 15 is 0 Å². The third kappa shape index (κ3) is 9.70. The molecule has 0 aliphatic rings. The highest BCUT2D eigenvalue weighted by molar-refractivity contribution is 4.77. The molecular weight excluding hydrogens is 134 g/mol. The van der Waals surface area contributed by atoms with Crippen LogP contribution in [0.15, 0.2) is 12.2 Å². The van der Waals surface area contributed by atoms with Gasteiger partial charge in [-0.3, -0.25) is 0 Å². The number of rotatable bonds is 7. The average molecular weight is 155 g/mol. The Kier molecular flexibility index (Phi) is 9.44. The van der Waals surface area contributed by atoms with E-state index in [-0.39, 0.29) is 0 Å². The van der Waals surface area contributed by atoms with E-state index in [2.05, 4.69) is 31.3 Å². The molecule has 0 aromatic rings.